The minimum Gasteiger partial charge on any atom is -0.324 e. The monoisotopic (exact) mass is 420 g/mol. The van der Waals surface area contributed by atoms with Gasteiger partial charge in [-0.1, -0.05) is 23.7 Å². The number of carbonyl (C=O) groups excluding carboxylic acids is 2. The van der Waals surface area contributed by atoms with Crippen LogP contribution in [-0.2, 0) is 21.7 Å². The maximum absolute atomic E-state index is 13.7. The van der Waals surface area contributed by atoms with Crippen LogP contribution in [-0.4, -0.2) is 11.8 Å². The molecule has 2 aromatic carbocycles. The smallest absolute Gasteiger partial charge is 0.294 e. The number of aromatic nitrogens is 1. The molecule has 1 atom stereocenters. The number of hydrogen-bond donors (Lipinski definition) is 1. The van der Waals surface area contributed by atoms with Crippen molar-refractivity contribution in [1.29, 1.82) is 0 Å². The molecular weight excluding hydrogens is 398 g/mol. The lowest BCUT2D eigenvalue weighted by atomic mass is 9.89. The molecule has 30 heavy (non-hydrogen) atoms. The van der Waals surface area contributed by atoms with Gasteiger partial charge in [0.15, 0.2) is 6.20 Å². The van der Waals surface area contributed by atoms with E-state index in [0.717, 1.165) is 16.8 Å². The Morgan fingerprint density at radius 2 is 1.80 bits per heavy atom. The molecule has 1 N–H and O–H groups in total. The summed E-state index contributed by atoms with van der Waals surface area (Å²) in [5, 5.41) is 3.55. The number of hydrogen-bond acceptors (Lipinski definition) is 2. The highest BCUT2D eigenvalue weighted by molar-refractivity contribution is 6.30. The molecule has 6 heteroatoms. The Kier molecular flexibility index (Phi) is 5.08. The van der Waals surface area contributed by atoms with Crippen LogP contribution in [0.5, 0.6) is 0 Å². The molecule has 2 heterocycles. The number of carbonyl (C=O) groups is 2. The second kappa shape index (κ2) is 7.58. The van der Waals surface area contributed by atoms with E-state index >= 15 is 0 Å². The summed E-state index contributed by atoms with van der Waals surface area (Å²) in [5.41, 5.74) is 3.02. The van der Waals surface area contributed by atoms with Gasteiger partial charge in [-0.05, 0) is 68.3 Å². The standard InChI is InChI=1S/C24H22ClN3O2/c1-16-7-12-20(14-17(16)2)28-22(29)15-27-13-5-4-6-21(27)24(28,3)23(30)26-19-10-8-18(25)9-11-19/h4-14H,15H2,1-3H3/p+1. The van der Waals surface area contributed by atoms with Gasteiger partial charge in [0.05, 0.1) is 0 Å². The zero-order chi connectivity index (χ0) is 21.5. The lowest BCUT2D eigenvalue weighted by Crippen LogP contribution is -2.67. The Labute approximate surface area is 180 Å². The summed E-state index contributed by atoms with van der Waals surface area (Å²) in [5.74, 6) is -0.438. The van der Waals surface area contributed by atoms with Gasteiger partial charge in [0.1, 0.15) is 0 Å². The third kappa shape index (κ3) is 3.35. The van der Waals surface area contributed by atoms with Crippen molar-refractivity contribution in [2.24, 2.45) is 0 Å². The van der Waals surface area contributed by atoms with E-state index in [1.54, 1.807) is 36.1 Å². The first-order valence-corrected chi connectivity index (χ1v) is 10.1. The van der Waals surface area contributed by atoms with E-state index in [-0.39, 0.29) is 18.4 Å². The molecule has 0 aliphatic carbocycles. The molecular formula is C24H23ClN3O2+. The number of amides is 2. The summed E-state index contributed by atoms with van der Waals surface area (Å²) in [6, 6.07) is 18.4. The highest BCUT2D eigenvalue weighted by Crippen LogP contribution is 2.36. The summed E-state index contributed by atoms with van der Waals surface area (Å²) < 4.78 is 1.83. The number of fused-ring (bicyclic) bond motifs is 1. The normalized spacial score (nSPS) is 18.1. The van der Waals surface area contributed by atoms with Crippen LogP contribution in [0.3, 0.4) is 0 Å². The molecule has 4 rings (SSSR count). The highest BCUT2D eigenvalue weighted by Gasteiger charge is 2.54. The van der Waals surface area contributed by atoms with Crippen LogP contribution in [0.2, 0.25) is 5.02 Å². The van der Waals surface area contributed by atoms with Crippen LogP contribution < -0.4 is 14.8 Å². The first kappa shape index (κ1) is 20.1. The molecule has 152 valence electrons. The van der Waals surface area contributed by atoms with E-state index in [0.29, 0.717) is 16.4 Å². The molecule has 0 fully saturated rings. The topological polar surface area (TPSA) is 53.3 Å². The summed E-state index contributed by atoms with van der Waals surface area (Å²) in [6.45, 7) is 5.99. The lowest BCUT2D eigenvalue weighted by Gasteiger charge is -2.40. The summed E-state index contributed by atoms with van der Waals surface area (Å²) in [4.78, 5) is 28.6. The Hall–Kier alpha value is -3.18. The van der Waals surface area contributed by atoms with Crippen molar-refractivity contribution in [2.45, 2.75) is 32.9 Å². The van der Waals surface area contributed by atoms with Gasteiger partial charge in [-0.15, -0.1) is 0 Å². The van der Waals surface area contributed by atoms with Gasteiger partial charge in [-0.3, -0.25) is 14.5 Å². The van der Waals surface area contributed by atoms with Crippen molar-refractivity contribution in [1.82, 2.24) is 0 Å². The highest BCUT2D eigenvalue weighted by atomic mass is 35.5. The van der Waals surface area contributed by atoms with Gasteiger partial charge in [-0.2, -0.15) is 4.57 Å². The van der Waals surface area contributed by atoms with Gasteiger partial charge in [-0.25, -0.2) is 0 Å². The SMILES string of the molecule is Cc1ccc(N2C(=O)C[n+]3ccccc3C2(C)C(=O)Nc2ccc(Cl)cc2)cc1C. The van der Waals surface area contributed by atoms with Crippen LogP contribution >= 0.6 is 11.6 Å². The fourth-order valence-corrected chi connectivity index (χ4v) is 4.03. The number of pyridine rings is 1. The van der Waals surface area contributed by atoms with Gasteiger partial charge >= 0.3 is 0 Å². The molecule has 3 aromatic rings. The fourth-order valence-electron chi connectivity index (χ4n) is 3.91. The van der Waals surface area contributed by atoms with E-state index in [9.17, 15) is 9.59 Å². The van der Waals surface area contributed by atoms with Crippen molar-refractivity contribution >= 4 is 34.8 Å². The van der Waals surface area contributed by atoms with Crippen molar-refractivity contribution in [2.75, 3.05) is 10.2 Å². The maximum Gasteiger partial charge on any atom is 0.294 e. The maximum atomic E-state index is 13.7. The predicted octanol–water partition coefficient (Wildman–Crippen LogP) is 4.15. The Bertz CT molecular complexity index is 1140. The Morgan fingerprint density at radius 1 is 1.07 bits per heavy atom. The van der Waals surface area contributed by atoms with E-state index in [1.165, 1.54) is 0 Å². The number of nitrogens with zero attached hydrogens (tertiary/aromatic N) is 2. The average molecular weight is 421 g/mol. The van der Waals surface area contributed by atoms with E-state index in [2.05, 4.69) is 5.32 Å². The van der Waals surface area contributed by atoms with Crippen molar-refractivity contribution in [3.05, 3.63) is 88.7 Å². The number of rotatable bonds is 3. The first-order chi connectivity index (χ1) is 14.3. The molecule has 0 radical (unpaired) electrons. The Balaban J connectivity index is 1.85. The fraction of sp³-hybridized carbons (Fsp3) is 0.208. The second-order valence-electron chi connectivity index (χ2n) is 7.74. The molecule has 1 aliphatic heterocycles. The molecule has 1 aliphatic rings. The van der Waals surface area contributed by atoms with Crippen LogP contribution in [0.15, 0.2) is 66.9 Å². The Morgan fingerprint density at radius 3 is 2.50 bits per heavy atom. The number of halogens is 1. The number of aryl methyl sites for hydroxylation is 2. The molecule has 0 saturated heterocycles. The van der Waals surface area contributed by atoms with Crippen LogP contribution in [0.1, 0.15) is 23.7 Å². The number of nitrogens with one attached hydrogen (secondary N) is 1. The molecule has 0 spiro atoms. The zero-order valence-electron chi connectivity index (χ0n) is 17.1. The first-order valence-electron chi connectivity index (χ1n) is 9.77. The van der Waals surface area contributed by atoms with Crippen LogP contribution in [0.4, 0.5) is 11.4 Å². The summed E-state index contributed by atoms with van der Waals surface area (Å²) >= 11 is 5.97. The van der Waals surface area contributed by atoms with Crippen LogP contribution in [0, 0.1) is 13.8 Å². The second-order valence-corrected chi connectivity index (χ2v) is 8.18. The predicted molar refractivity (Wildman–Crippen MR) is 117 cm³/mol. The minimum atomic E-state index is -1.24. The van der Waals surface area contributed by atoms with E-state index in [4.69, 9.17) is 11.6 Å². The summed E-state index contributed by atoms with van der Waals surface area (Å²) in [7, 11) is 0. The molecule has 5 nitrogen and oxygen atoms in total. The van der Waals surface area contributed by atoms with Gasteiger partial charge < -0.3 is 5.32 Å². The third-order valence-electron chi connectivity index (χ3n) is 5.73. The number of benzene rings is 2. The largest absolute Gasteiger partial charge is 0.324 e. The van der Waals surface area contributed by atoms with Gasteiger partial charge in [0.2, 0.25) is 17.8 Å². The molecule has 0 bridgehead atoms. The number of anilines is 2. The minimum absolute atomic E-state index is 0.143. The lowest BCUT2D eigenvalue weighted by molar-refractivity contribution is -0.697. The van der Waals surface area contributed by atoms with E-state index < -0.39 is 5.54 Å². The van der Waals surface area contributed by atoms with Crippen molar-refractivity contribution in [3.8, 4) is 0 Å². The van der Waals surface area contributed by atoms with Gasteiger partial charge in [0, 0.05) is 28.5 Å². The molecule has 1 unspecified atom stereocenters. The average Bonchev–Trinajstić information content (AvgIpc) is 2.72. The van der Waals surface area contributed by atoms with Crippen molar-refractivity contribution in [3.63, 3.8) is 0 Å². The van der Waals surface area contributed by atoms with E-state index in [1.807, 2.05) is 61.0 Å². The van der Waals surface area contributed by atoms with Crippen LogP contribution in [0.25, 0.3) is 0 Å². The third-order valence-corrected chi connectivity index (χ3v) is 5.99. The van der Waals surface area contributed by atoms with Gasteiger partial charge in [0.25, 0.3) is 11.8 Å². The zero-order valence-corrected chi connectivity index (χ0v) is 17.9. The quantitative estimate of drug-likeness (QED) is 0.647. The summed E-state index contributed by atoms with van der Waals surface area (Å²) in [6.07, 6.45) is 1.83. The molecule has 2 amide bonds. The van der Waals surface area contributed by atoms with Crippen molar-refractivity contribution < 1.29 is 14.2 Å². The molecule has 0 saturated carbocycles. The molecule has 1 aromatic heterocycles.